The number of alkyl halides is 3. The minimum Gasteiger partial charge on any atom is -0.493 e. The molecule has 1 atom stereocenters. The highest BCUT2D eigenvalue weighted by molar-refractivity contribution is 5.28. The van der Waals surface area contributed by atoms with Crippen molar-refractivity contribution in [3.63, 3.8) is 0 Å². The van der Waals surface area contributed by atoms with Crippen LogP contribution in [-0.2, 0) is 0 Å². The van der Waals surface area contributed by atoms with Gasteiger partial charge in [0, 0.05) is 6.04 Å². The minimum absolute atomic E-state index is 0.222. The molecule has 102 valence electrons. The zero-order valence-electron chi connectivity index (χ0n) is 10.6. The molecule has 0 heterocycles. The summed E-state index contributed by atoms with van der Waals surface area (Å²) in [5.41, 5.74) is 1.08. The first-order valence-electron chi connectivity index (χ1n) is 5.95. The van der Waals surface area contributed by atoms with Crippen LogP contribution in [0.5, 0.6) is 5.75 Å². The van der Waals surface area contributed by atoms with Gasteiger partial charge in [-0.2, -0.15) is 13.2 Å². The Morgan fingerprint density at radius 2 is 1.83 bits per heavy atom. The Morgan fingerprint density at radius 3 is 2.33 bits per heavy atom. The Labute approximate surface area is 105 Å². The lowest BCUT2D eigenvalue weighted by molar-refractivity contribution is -0.139. The predicted molar refractivity (Wildman–Crippen MR) is 64.7 cm³/mol. The lowest BCUT2D eigenvalue weighted by atomic mass is 10.1. The molecular formula is C13H18F3NO. The van der Waals surface area contributed by atoms with Gasteiger partial charge in [0.05, 0.1) is 13.0 Å². The quantitative estimate of drug-likeness (QED) is 0.843. The molecule has 0 aliphatic carbocycles. The van der Waals surface area contributed by atoms with E-state index in [-0.39, 0.29) is 12.6 Å². The number of benzene rings is 1. The highest BCUT2D eigenvalue weighted by Crippen LogP contribution is 2.21. The summed E-state index contributed by atoms with van der Waals surface area (Å²) < 4.78 is 40.8. The summed E-state index contributed by atoms with van der Waals surface area (Å²) in [6, 6.07) is 7.32. The third kappa shape index (κ3) is 5.40. The molecule has 0 aliphatic heterocycles. The third-order valence-electron chi connectivity index (χ3n) is 2.54. The Kier molecular flexibility index (Phi) is 5.47. The van der Waals surface area contributed by atoms with Crippen LogP contribution in [-0.4, -0.2) is 19.3 Å². The average Bonchev–Trinajstić information content (AvgIpc) is 2.28. The van der Waals surface area contributed by atoms with Crippen LogP contribution in [0.2, 0.25) is 0 Å². The van der Waals surface area contributed by atoms with Gasteiger partial charge < -0.3 is 10.1 Å². The number of halogens is 3. The fourth-order valence-electron chi connectivity index (χ4n) is 1.56. The Balaban J connectivity index is 2.45. The van der Waals surface area contributed by atoms with Crippen molar-refractivity contribution in [1.82, 2.24) is 5.32 Å². The van der Waals surface area contributed by atoms with Crippen LogP contribution >= 0.6 is 0 Å². The third-order valence-corrected chi connectivity index (χ3v) is 2.54. The van der Waals surface area contributed by atoms with E-state index in [0.717, 1.165) is 12.1 Å². The fraction of sp³-hybridized carbons (Fsp3) is 0.538. The minimum atomic E-state index is -4.17. The molecule has 1 unspecified atom stereocenters. The lowest BCUT2D eigenvalue weighted by Crippen LogP contribution is -2.17. The topological polar surface area (TPSA) is 21.3 Å². The first kappa shape index (κ1) is 14.8. The molecule has 0 bridgehead atoms. The van der Waals surface area contributed by atoms with E-state index in [1.807, 2.05) is 26.0 Å². The van der Waals surface area contributed by atoms with E-state index < -0.39 is 12.6 Å². The first-order valence-corrected chi connectivity index (χ1v) is 5.95. The lowest BCUT2D eigenvalue weighted by Gasteiger charge is -2.13. The van der Waals surface area contributed by atoms with Gasteiger partial charge in [0.25, 0.3) is 0 Å². The van der Waals surface area contributed by atoms with Crippen LogP contribution in [0.3, 0.4) is 0 Å². The van der Waals surface area contributed by atoms with Gasteiger partial charge in [-0.3, -0.25) is 0 Å². The summed E-state index contributed by atoms with van der Waals surface area (Å²) >= 11 is 0. The van der Waals surface area contributed by atoms with E-state index in [9.17, 15) is 13.2 Å². The van der Waals surface area contributed by atoms with Crippen molar-refractivity contribution in [3.8, 4) is 5.75 Å². The molecule has 5 heteroatoms. The monoisotopic (exact) mass is 261 g/mol. The van der Waals surface area contributed by atoms with E-state index in [0.29, 0.717) is 5.75 Å². The van der Waals surface area contributed by atoms with Crippen molar-refractivity contribution in [2.45, 2.75) is 32.5 Å². The zero-order chi connectivity index (χ0) is 13.6. The van der Waals surface area contributed by atoms with Crippen molar-refractivity contribution in [2.24, 2.45) is 0 Å². The van der Waals surface area contributed by atoms with Crippen LogP contribution in [0, 0.1) is 0 Å². The molecule has 0 aliphatic rings. The number of hydrogen-bond donors (Lipinski definition) is 1. The molecule has 1 rings (SSSR count). The highest BCUT2D eigenvalue weighted by Gasteiger charge is 2.26. The van der Waals surface area contributed by atoms with E-state index in [2.05, 4.69) is 5.32 Å². The predicted octanol–water partition coefficient (Wildman–Crippen LogP) is 3.69. The Bertz CT molecular complexity index is 348. The fourth-order valence-corrected chi connectivity index (χ4v) is 1.56. The number of hydrogen-bond acceptors (Lipinski definition) is 2. The number of nitrogens with one attached hydrogen (secondary N) is 1. The largest absolute Gasteiger partial charge is 0.493 e. The summed E-state index contributed by atoms with van der Waals surface area (Å²) in [6.07, 6.45) is -5.10. The zero-order valence-corrected chi connectivity index (χ0v) is 10.6. The standard InChI is InChI=1S/C13H18F3NO/c1-3-17-10(2)11-4-6-12(7-5-11)18-9-8-13(14,15)16/h4-7,10,17H,3,8-9H2,1-2H3. The van der Waals surface area contributed by atoms with Crippen LogP contribution in [0.4, 0.5) is 13.2 Å². The molecule has 0 fully saturated rings. The van der Waals surface area contributed by atoms with Gasteiger partial charge in [0.2, 0.25) is 0 Å². The molecule has 1 aromatic rings. The molecule has 0 spiro atoms. The molecule has 0 radical (unpaired) electrons. The average molecular weight is 261 g/mol. The van der Waals surface area contributed by atoms with Crippen molar-refractivity contribution in [2.75, 3.05) is 13.2 Å². The van der Waals surface area contributed by atoms with E-state index in [1.165, 1.54) is 0 Å². The Morgan fingerprint density at radius 1 is 1.22 bits per heavy atom. The maximum atomic E-state index is 11.9. The van der Waals surface area contributed by atoms with Gasteiger partial charge in [0.15, 0.2) is 0 Å². The molecular weight excluding hydrogens is 243 g/mol. The van der Waals surface area contributed by atoms with E-state index in [4.69, 9.17) is 4.74 Å². The van der Waals surface area contributed by atoms with Gasteiger partial charge in [0.1, 0.15) is 5.75 Å². The van der Waals surface area contributed by atoms with Crippen LogP contribution in [0.25, 0.3) is 0 Å². The maximum Gasteiger partial charge on any atom is 0.392 e. The molecule has 0 saturated heterocycles. The maximum absolute atomic E-state index is 11.9. The summed E-state index contributed by atoms with van der Waals surface area (Å²) in [7, 11) is 0. The van der Waals surface area contributed by atoms with E-state index >= 15 is 0 Å². The number of ether oxygens (including phenoxy) is 1. The number of rotatable bonds is 6. The van der Waals surface area contributed by atoms with Gasteiger partial charge in [-0.15, -0.1) is 0 Å². The first-order chi connectivity index (χ1) is 8.42. The molecule has 1 aromatic carbocycles. The molecule has 0 saturated carbocycles. The second-order valence-electron chi connectivity index (χ2n) is 4.06. The summed E-state index contributed by atoms with van der Waals surface area (Å²) in [4.78, 5) is 0. The van der Waals surface area contributed by atoms with Crippen molar-refractivity contribution >= 4 is 0 Å². The Hall–Kier alpha value is -1.23. The van der Waals surface area contributed by atoms with Gasteiger partial charge in [-0.05, 0) is 31.2 Å². The van der Waals surface area contributed by atoms with Crippen molar-refractivity contribution in [1.29, 1.82) is 0 Å². The van der Waals surface area contributed by atoms with Gasteiger partial charge >= 0.3 is 6.18 Å². The summed E-state index contributed by atoms with van der Waals surface area (Å²) in [5, 5.41) is 3.25. The van der Waals surface area contributed by atoms with Crippen molar-refractivity contribution < 1.29 is 17.9 Å². The molecule has 18 heavy (non-hydrogen) atoms. The van der Waals surface area contributed by atoms with Gasteiger partial charge in [-0.1, -0.05) is 19.1 Å². The second kappa shape index (κ2) is 6.64. The van der Waals surface area contributed by atoms with Crippen LogP contribution in [0.15, 0.2) is 24.3 Å². The summed E-state index contributed by atoms with van der Waals surface area (Å²) in [5.74, 6) is 0.465. The summed E-state index contributed by atoms with van der Waals surface area (Å²) in [6.45, 7) is 4.57. The van der Waals surface area contributed by atoms with Crippen LogP contribution in [0.1, 0.15) is 31.9 Å². The highest BCUT2D eigenvalue weighted by atomic mass is 19.4. The SMILES string of the molecule is CCNC(C)c1ccc(OCCC(F)(F)F)cc1. The van der Waals surface area contributed by atoms with Crippen molar-refractivity contribution in [3.05, 3.63) is 29.8 Å². The van der Waals surface area contributed by atoms with E-state index in [1.54, 1.807) is 12.1 Å². The second-order valence-corrected chi connectivity index (χ2v) is 4.06. The van der Waals surface area contributed by atoms with Crippen LogP contribution < -0.4 is 10.1 Å². The smallest absolute Gasteiger partial charge is 0.392 e. The molecule has 0 aromatic heterocycles. The molecule has 1 N–H and O–H groups in total. The molecule has 2 nitrogen and oxygen atoms in total. The normalized spacial score (nSPS) is 13.4. The molecule has 0 amide bonds. The van der Waals surface area contributed by atoms with Gasteiger partial charge in [-0.25, -0.2) is 0 Å².